The van der Waals surface area contributed by atoms with Crippen molar-refractivity contribution in [3.8, 4) is 5.75 Å². The zero-order valence-electron chi connectivity index (χ0n) is 17.8. The van der Waals surface area contributed by atoms with Gasteiger partial charge in [-0.2, -0.15) is 0 Å². The van der Waals surface area contributed by atoms with Crippen LogP contribution < -0.4 is 15.4 Å². The zero-order valence-corrected chi connectivity index (χ0v) is 20.1. The Labute approximate surface area is 185 Å². The minimum Gasteiger partial charge on any atom is -0.492 e. The number of aliphatic imine (C=N–C) groups is 1. The molecule has 0 atom stereocenters. The number of nitrogens with zero attached hydrogens (tertiary/aromatic N) is 2. The fraction of sp³-hybridized carbons (Fsp3) is 0.524. The van der Waals surface area contributed by atoms with Gasteiger partial charge in [0.15, 0.2) is 5.96 Å². The minimum atomic E-state index is -0.0524. The Morgan fingerprint density at radius 3 is 2.39 bits per heavy atom. The molecular weight excluding hydrogens is 467 g/mol. The summed E-state index contributed by atoms with van der Waals surface area (Å²) < 4.78 is 11.6. The van der Waals surface area contributed by atoms with Gasteiger partial charge < -0.3 is 19.8 Å². The van der Waals surface area contributed by atoms with Crippen LogP contribution >= 0.6 is 24.0 Å². The van der Waals surface area contributed by atoms with Gasteiger partial charge in [0.2, 0.25) is 5.89 Å². The Bertz CT molecular complexity index is 746. The van der Waals surface area contributed by atoms with Crippen molar-refractivity contribution < 1.29 is 9.15 Å². The monoisotopic (exact) mass is 500 g/mol. The third kappa shape index (κ3) is 8.08. The molecule has 1 aromatic heterocycles. The number of aryl methyl sites for hydroxylation is 2. The average molecular weight is 500 g/mol. The van der Waals surface area contributed by atoms with E-state index in [2.05, 4.69) is 61.3 Å². The molecule has 0 radical (unpaired) electrons. The van der Waals surface area contributed by atoms with Gasteiger partial charge in [-0.05, 0) is 44.0 Å². The molecule has 0 saturated carbocycles. The second-order valence-electron chi connectivity index (χ2n) is 7.66. The molecule has 0 aliphatic carbocycles. The fourth-order valence-electron chi connectivity index (χ4n) is 2.57. The standard InChI is InChI=1S/C21H32N4O2.HI/c1-7-22-20(25-14-19-24-13-18(27-19)21(4,5)6)23-8-9-26-17-11-15(2)10-16(3)12-17;/h10-13H,7-9,14H2,1-6H3,(H2,22,23,25);1H. The van der Waals surface area contributed by atoms with Crippen LogP contribution in [0.3, 0.4) is 0 Å². The number of halogens is 1. The van der Waals surface area contributed by atoms with E-state index in [4.69, 9.17) is 9.15 Å². The molecule has 0 aliphatic heterocycles. The predicted molar refractivity (Wildman–Crippen MR) is 125 cm³/mol. The van der Waals surface area contributed by atoms with Crippen LogP contribution in [0.15, 0.2) is 33.8 Å². The minimum absolute atomic E-state index is 0. The van der Waals surface area contributed by atoms with E-state index in [9.17, 15) is 0 Å². The molecule has 7 heteroatoms. The molecule has 0 bridgehead atoms. The van der Waals surface area contributed by atoms with Crippen LogP contribution in [0, 0.1) is 13.8 Å². The lowest BCUT2D eigenvalue weighted by molar-refractivity contribution is 0.321. The molecule has 0 amide bonds. The molecular formula is C21H33IN4O2. The highest BCUT2D eigenvalue weighted by Crippen LogP contribution is 2.22. The molecule has 1 aromatic carbocycles. The number of aromatic nitrogens is 1. The van der Waals surface area contributed by atoms with Crippen LogP contribution in [0.2, 0.25) is 0 Å². The average Bonchev–Trinajstić information content (AvgIpc) is 3.05. The van der Waals surface area contributed by atoms with Gasteiger partial charge in [0.1, 0.15) is 24.7 Å². The Kier molecular flexibility index (Phi) is 9.78. The van der Waals surface area contributed by atoms with Gasteiger partial charge >= 0.3 is 0 Å². The number of hydrogen-bond donors (Lipinski definition) is 2. The zero-order chi connectivity index (χ0) is 19.9. The predicted octanol–water partition coefficient (Wildman–Crippen LogP) is 4.34. The largest absolute Gasteiger partial charge is 0.492 e. The smallest absolute Gasteiger partial charge is 0.216 e. The normalized spacial score (nSPS) is 11.7. The van der Waals surface area contributed by atoms with Gasteiger partial charge in [0.25, 0.3) is 0 Å². The van der Waals surface area contributed by atoms with Crippen molar-refractivity contribution in [2.45, 2.75) is 53.5 Å². The number of benzene rings is 1. The van der Waals surface area contributed by atoms with Crippen molar-refractivity contribution in [3.05, 3.63) is 47.2 Å². The lowest BCUT2D eigenvalue weighted by Gasteiger charge is -2.13. The van der Waals surface area contributed by atoms with E-state index in [0.717, 1.165) is 24.0 Å². The Morgan fingerprint density at radius 1 is 1.14 bits per heavy atom. The first kappa shape index (κ1) is 24.3. The summed E-state index contributed by atoms with van der Waals surface area (Å²) >= 11 is 0. The number of guanidine groups is 1. The highest BCUT2D eigenvalue weighted by molar-refractivity contribution is 14.0. The molecule has 1 heterocycles. The molecule has 28 heavy (non-hydrogen) atoms. The van der Waals surface area contributed by atoms with Crippen LogP contribution in [0.5, 0.6) is 5.75 Å². The van der Waals surface area contributed by atoms with E-state index >= 15 is 0 Å². The van der Waals surface area contributed by atoms with Gasteiger partial charge in [0, 0.05) is 12.0 Å². The number of hydrogen-bond acceptors (Lipinski definition) is 4. The Hall–Kier alpha value is -1.77. The summed E-state index contributed by atoms with van der Waals surface area (Å²) in [7, 11) is 0. The summed E-state index contributed by atoms with van der Waals surface area (Å²) in [6, 6.07) is 6.22. The fourth-order valence-corrected chi connectivity index (χ4v) is 2.57. The topological polar surface area (TPSA) is 71.7 Å². The first-order chi connectivity index (χ1) is 12.8. The molecule has 6 nitrogen and oxygen atoms in total. The van der Waals surface area contributed by atoms with Gasteiger partial charge in [-0.15, -0.1) is 24.0 Å². The summed E-state index contributed by atoms with van der Waals surface area (Å²) in [5.41, 5.74) is 2.35. The third-order valence-corrected chi connectivity index (χ3v) is 3.87. The highest BCUT2D eigenvalue weighted by atomic mass is 127. The molecule has 2 aromatic rings. The quantitative estimate of drug-likeness (QED) is 0.256. The van der Waals surface area contributed by atoms with Gasteiger partial charge in [-0.3, -0.25) is 0 Å². The summed E-state index contributed by atoms with van der Waals surface area (Å²) in [6.45, 7) is 14.9. The van der Waals surface area contributed by atoms with E-state index < -0.39 is 0 Å². The van der Waals surface area contributed by atoms with Crippen LogP contribution in [0.25, 0.3) is 0 Å². The second kappa shape index (κ2) is 11.3. The van der Waals surface area contributed by atoms with E-state index in [0.29, 0.717) is 25.6 Å². The Balaban J connectivity index is 0.00000392. The number of nitrogens with one attached hydrogen (secondary N) is 2. The van der Waals surface area contributed by atoms with E-state index in [1.165, 1.54) is 11.1 Å². The van der Waals surface area contributed by atoms with Gasteiger partial charge in [0.05, 0.1) is 12.7 Å². The first-order valence-corrected chi connectivity index (χ1v) is 9.46. The summed E-state index contributed by atoms with van der Waals surface area (Å²) in [4.78, 5) is 8.85. The van der Waals surface area contributed by atoms with Gasteiger partial charge in [-0.25, -0.2) is 9.98 Å². The molecule has 156 valence electrons. The lowest BCUT2D eigenvalue weighted by Crippen LogP contribution is -2.39. The lowest BCUT2D eigenvalue weighted by atomic mass is 9.94. The number of rotatable bonds is 7. The van der Waals surface area contributed by atoms with Crippen molar-refractivity contribution in [1.82, 2.24) is 15.6 Å². The second-order valence-corrected chi connectivity index (χ2v) is 7.66. The molecule has 0 spiro atoms. The van der Waals surface area contributed by atoms with Crippen LogP contribution in [-0.2, 0) is 12.0 Å². The molecule has 0 saturated heterocycles. The summed E-state index contributed by atoms with van der Waals surface area (Å²) in [5.74, 6) is 3.10. The van der Waals surface area contributed by atoms with Crippen molar-refractivity contribution >= 4 is 29.9 Å². The third-order valence-electron chi connectivity index (χ3n) is 3.87. The molecule has 2 N–H and O–H groups in total. The van der Waals surface area contributed by atoms with Crippen molar-refractivity contribution in [2.75, 3.05) is 19.7 Å². The molecule has 0 fully saturated rings. The Morgan fingerprint density at radius 2 is 1.82 bits per heavy atom. The molecule has 0 unspecified atom stereocenters. The molecule has 0 aliphatic rings. The maximum atomic E-state index is 5.82. The maximum Gasteiger partial charge on any atom is 0.216 e. The van der Waals surface area contributed by atoms with Crippen molar-refractivity contribution in [1.29, 1.82) is 0 Å². The number of ether oxygens (including phenoxy) is 1. The SMILES string of the molecule is CCNC(=NCc1ncc(C(C)(C)C)o1)NCCOc1cc(C)cc(C)c1.I. The summed E-state index contributed by atoms with van der Waals surface area (Å²) in [5, 5.41) is 6.49. The highest BCUT2D eigenvalue weighted by Gasteiger charge is 2.18. The van der Waals surface area contributed by atoms with Crippen LogP contribution in [0.4, 0.5) is 0 Å². The summed E-state index contributed by atoms with van der Waals surface area (Å²) in [6.07, 6.45) is 1.78. The van der Waals surface area contributed by atoms with Crippen molar-refractivity contribution in [3.63, 3.8) is 0 Å². The number of oxazole rings is 1. The van der Waals surface area contributed by atoms with Crippen LogP contribution in [0.1, 0.15) is 50.5 Å². The van der Waals surface area contributed by atoms with Crippen LogP contribution in [-0.4, -0.2) is 30.6 Å². The molecule has 2 rings (SSSR count). The van der Waals surface area contributed by atoms with E-state index in [1.54, 1.807) is 6.20 Å². The van der Waals surface area contributed by atoms with E-state index in [-0.39, 0.29) is 29.4 Å². The maximum absolute atomic E-state index is 5.82. The van der Waals surface area contributed by atoms with Gasteiger partial charge in [-0.1, -0.05) is 26.8 Å². The van der Waals surface area contributed by atoms with E-state index in [1.807, 2.05) is 19.1 Å². The first-order valence-electron chi connectivity index (χ1n) is 9.46. The van der Waals surface area contributed by atoms with Crippen molar-refractivity contribution in [2.24, 2.45) is 4.99 Å².